The van der Waals surface area contributed by atoms with E-state index >= 15 is 0 Å². The molecule has 0 atom stereocenters. The quantitative estimate of drug-likeness (QED) is 0.346. The van der Waals surface area contributed by atoms with Crippen LogP contribution in [0.5, 0.6) is 0 Å². The van der Waals surface area contributed by atoms with Gasteiger partial charge in [0.2, 0.25) is 0 Å². The lowest BCUT2D eigenvalue weighted by atomic mass is 10.1. The molecule has 1 fully saturated rings. The Hall–Kier alpha value is -2.47. The second-order valence-corrected chi connectivity index (χ2v) is 6.82. The molecule has 1 aliphatic heterocycles. The number of allylic oxidation sites excluding steroid dienone is 1. The molecule has 0 saturated carbocycles. The van der Waals surface area contributed by atoms with Crippen LogP contribution in [0.15, 0.2) is 42.5 Å². The minimum absolute atomic E-state index is 0.0768. The van der Waals surface area contributed by atoms with Gasteiger partial charge in [-0.1, -0.05) is 11.3 Å². The minimum Gasteiger partial charge on any atom is -0.372 e. The van der Waals surface area contributed by atoms with Crippen LogP contribution in [0, 0.1) is 10.1 Å². The largest absolute Gasteiger partial charge is 0.372 e. The molecule has 0 aliphatic carbocycles. The molecule has 3 rings (SSSR count). The van der Waals surface area contributed by atoms with E-state index in [2.05, 4.69) is 4.90 Å². The Morgan fingerprint density at radius 3 is 2.42 bits per heavy atom. The average molecular weight is 342 g/mol. The summed E-state index contributed by atoms with van der Waals surface area (Å²) >= 11 is 1.05. The summed E-state index contributed by atoms with van der Waals surface area (Å²) in [5.41, 5.74) is 1.78. The number of benzene rings is 1. The second-order valence-electron chi connectivity index (χ2n) is 5.73. The third-order valence-corrected chi connectivity index (χ3v) is 5.07. The first-order valence-corrected chi connectivity index (χ1v) is 8.77. The normalized spacial score (nSPS) is 14.9. The lowest BCUT2D eigenvalue weighted by molar-refractivity contribution is -0.380. The highest BCUT2D eigenvalue weighted by atomic mass is 32.1. The standard InChI is InChI=1S/C18H18N2O3S/c21-17(10-8-16-9-11-18(24-16)20(22)23)14-4-6-15(7-5-14)19-12-2-1-3-13-19/h4-11H,1-3,12-13H2/b10-8+. The third kappa shape index (κ3) is 3.89. The molecule has 0 N–H and O–H groups in total. The van der Waals surface area contributed by atoms with Crippen LogP contribution >= 0.6 is 11.3 Å². The lowest BCUT2D eigenvalue weighted by Crippen LogP contribution is -2.29. The van der Waals surface area contributed by atoms with Crippen molar-refractivity contribution in [3.63, 3.8) is 0 Å². The van der Waals surface area contributed by atoms with Crippen molar-refractivity contribution in [2.24, 2.45) is 0 Å². The highest BCUT2D eigenvalue weighted by molar-refractivity contribution is 7.16. The summed E-state index contributed by atoms with van der Waals surface area (Å²) in [5.74, 6) is -0.101. The summed E-state index contributed by atoms with van der Waals surface area (Å²) in [5, 5.41) is 10.7. The molecular formula is C18H18N2O3S. The number of carbonyl (C=O) groups is 1. The SMILES string of the molecule is O=C(/C=C/c1ccc([N+](=O)[O-])s1)c1ccc(N2CCCCC2)cc1. The number of piperidine rings is 1. The molecule has 24 heavy (non-hydrogen) atoms. The van der Waals surface area contributed by atoms with Crippen LogP contribution in [0.4, 0.5) is 10.7 Å². The topological polar surface area (TPSA) is 63.4 Å². The number of hydrogen-bond donors (Lipinski definition) is 0. The molecule has 0 bridgehead atoms. The number of nitrogens with zero attached hydrogens (tertiary/aromatic N) is 2. The number of carbonyl (C=O) groups excluding carboxylic acids is 1. The lowest BCUT2D eigenvalue weighted by Gasteiger charge is -2.28. The van der Waals surface area contributed by atoms with Crippen molar-refractivity contribution in [2.75, 3.05) is 18.0 Å². The van der Waals surface area contributed by atoms with Crippen molar-refractivity contribution >= 4 is 33.9 Å². The number of rotatable bonds is 5. The third-order valence-electron chi connectivity index (χ3n) is 4.06. The maximum atomic E-state index is 12.2. The molecular weight excluding hydrogens is 324 g/mol. The average Bonchev–Trinajstić information content (AvgIpc) is 3.10. The van der Waals surface area contributed by atoms with Gasteiger partial charge < -0.3 is 4.90 Å². The van der Waals surface area contributed by atoms with Crippen molar-refractivity contribution in [1.29, 1.82) is 0 Å². The van der Waals surface area contributed by atoms with Crippen molar-refractivity contribution in [3.8, 4) is 0 Å². The smallest absolute Gasteiger partial charge is 0.324 e. The van der Waals surface area contributed by atoms with E-state index in [-0.39, 0.29) is 10.8 Å². The Balaban J connectivity index is 1.65. The van der Waals surface area contributed by atoms with Gasteiger partial charge in [0.25, 0.3) is 0 Å². The Morgan fingerprint density at radius 2 is 1.79 bits per heavy atom. The van der Waals surface area contributed by atoms with Gasteiger partial charge in [-0.15, -0.1) is 0 Å². The summed E-state index contributed by atoms with van der Waals surface area (Å²) < 4.78 is 0. The van der Waals surface area contributed by atoms with Gasteiger partial charge in [0, 0.05) is 35.3 Å². The van der Waals surface area contributed by atoms with Crippen LogP contribution in [-0.2, 0) is 0 Å². The summed E-state index contributed by atoms with van der Waals surface area (Å²) in [6.45, 7) is 2.15. The molecule has 0 radical (unpaired) electrons. The first-order valence-electron chi connectivity index (χ1n) is 7.95. The summed E-state index contributed by atoms with van der Waals surface area (Å²) in [6, 6.07) is 10.7. The van der Waals surface area contributed by atoms with Crippen LogP contribution in [0.3, 0.4) is 0 Å². The van der Waals surface area contributed by atoms with E-state index < -0.39 is 4.92 Å². The van der Waals surface area contributed by atoms with Gasteiger partial charge in [0.1, 0.15) is 0 Å². The fourth-order valence-corrected chi connectivity index (χ4v) is 3.50. The Labute approximate surface area is 144 Å². The summed E-state index contributed by atoms with van der Waals surface area (Å²) in [6.07, 6.45) is 6.81. The van der Waals surface area contributed by atoms with E-state index in [1.54, 1.807) is 12.1 Å². The maximum absolute atomic E-state index is 12.2. The molecule has 1 aromatic heterocycles. The summed E-state index contributed by atoms with van der Waals surface area (Å²) in [7, 11) is 0. The Kier molecular flexibility index (Phi) is 5.05. The predicted molar refractivity (Wildman–Crippen MR) is 96.8 cm³/mol. The fourth-order valence-electron chi connectivity index (χ4n) is 2.77. The first-order chi connectivity index (χ1) is 11.6. The van der Waals surface area contributed by atoms with Crippen LogP contribution in [0.1, 0.15) is 34.5 Å². The van der Waals surface area contributed by atoms with Gasteiger partial charge in [-0.3, -0.25) is 14.9 Å². The molecule has 2 heterocycles. The van der Waals surface area contributed by atoms with Crippen LogP contribution in [0.2, 0.25) is 0 Å². The van der Waals surface area contributed by atoms with Crippen molar-refractivity contribution in [2.45, 2.75) is 19.3 Å². The van der Waals surface area contributed by atoms with E-state index in [0.29, 0.717) is 10.4 Å². The number of thiophene rings is 1. The Morgan fingerprint density at radius 1 is 1.08 bits per heavy atom. The molecule has 1 aliphatic rings. The first kappa shape index (κ1) is 16.4. The van der Waals surface area contributed by atoms with Gasteiger partial charge in [-0.05, 0) is 61.7 Å². The van der Waals surface area contributed by atoms with Gasteiger partial charge in [-0.2, -0.15) is 0 Å². The number of nitro groups is 1. The number of anilines is 1. The number of hydrogen-bond acceptors (Lipinski definition) is 5. The van der Waals surface area contributed by atoms with Crippen molar-refractivity contribution in [3.05, 3.63) is 63.0 Å². The molecule has 0 unspecified atom stereocenters. The molecule has 0 spiro atoms. The van der Waals surface area contributed by atoms with Gasteiger partial charge in [0.05, 0.1) is 4.92 Å². The number of ketones is 1. The van der Waals surface area contributed by atoms with Crippen LogP contribution in [-0.4, -0.2) is 23.8 Å². The molecule has 1 saturated heterocycles. The van der Waals surface area contributed by atoms with Gasteiger partial charge in [0.15, 0.2) is 5.78 Å². The highest BCUT2D eigenvalue weighted by Gasteiger charge is 2.12. The van der Waals surface area contributed by atoms with E-state index in [0.717, 1.165) is 30.1 Å². The molecule has 124 valence electrons. The Bertz CT molecular complexity index is 759. The molecule has 0 amide bonds. The highest BCUT2D eigenvalue weighted by Crippen LogP contribution is 2.25. The molecule has 2 aromatic rings. The summed E-state index contributed by atoms with van der Waals surface area (Å²) in [4.78, 5) is 25.5. The van der Waals surface area contributed by atoms with Crippen molar-refractivity contribution < 1.29 is 9.72 Å². The monoisotopic (exact) mass is 342 g/mol. The van der Waals surface area contributed by atoms with E-state index in [1.165, 1.54) is 31.4 Å². The second kappa shape index (κ2) is 7.40. The van der Waals surface area contributed by atoms with Crippen molar-refractivity contribution in [1.82, 2.24) is 0 Å². The molecule has 5 nitrogen and oxygen atoms in total. The fraction of sp³-hybridized carbons (Fsp3) is 0.278. The van der Waals surface area contributed by atoms with Crippen LogP contribution < -0.4 is 4.90 Å². The van der Waals surface area contributed by atoms with Crippen LogP contribution in [0.25, 0.3) is 6.08 Å². The van der Waals surface area contributed by atoms with Gasteiger partial charge in [-0.25, -0.2) is 0 Å². The molecule has 1 aromatic carbocycles. The van der Waals surface area contributed by atoms with Gasteiger partial charge >= 0.3 is 5.00 Å². The minimum atomic E-state index is -0.427. The van der Waals surface area contributed by atoms with E-state index in [4.69, 9.17) is 0 Å². The zero-order valence-corrected chi connectivity index (χ0v) is 14.0. The maximum Gasteiger partial charge on any atom is 0.324 e. The molecule has 6 heteroatoms. The predicted octanol–water partition coefficient (Wildman–Crippen LogP) is 4.54. The van der Waals surface area contributed by atoms with E-state index in [9.17, 15) is 14.9 Å². The zero-order valence-electron chi connectivity index (χ0n) is 13.2. The van der Waals surface area contributed by atoms with E-state index in [1.807, 2.05) is 24.3 Å². The zero-order chi connectivity index (χ0) is 16.9.